The van der Waals surface area contributed by atoms with Crippen molar-refractivity contribution < 1.29 is 14.3 Å². The zero-order valence-electron chi connectivity index (χ0n) is 18.3. The summed E-state index contributed by atoms with van der Waals surface area (Å²) in [4.78, 5) is 18.7. The Balaban J connectivity index is 1.48. The van der Waals surface area contributed by atoms with Gasteiger partial charge in [-0.3, -0.25) is 9.69 Å². The Kier molecular flexibility index (Phi) is 7.77. The number of ether oxygens (including phenoxy) is 2. The molecular weight excluding hydrogens is 422 g/mol. The molecule has 2 heterocycles. The van der Waals surface area contributed by atoms with Gasteiger partial charge < -0.3 is 19.7 Å². The number of nitrogens with one attached hydrogen (secondary N) is 1. The fourth-order valence-electron chi connectivity index (χ4n) is 3.92. The van der Waals surface area contributed by atoms with Crippen LogP contribution in [0.4, 0.5) is 11.4 Å². The van der Waals surface area contributed by atoms with E-state index in [0.717, 1.165) is 35.8 Å². The minimum Gasteiger partial charge on any atom is -0.496 e. The number of carbonyl (C=O) groups is 1. The number of thiophene rings is 1. The number of benzene rings is 2. The SMILES string of the molecule is COc1ccccc1CN(CC(=O)Nc1ccccc1N1CCOCC1)Cc1cccs1. The van der Waals surface area contributed by atoms with Gasteiger partial charge in [0.2, 0.25) is 5.91 Å². The summed E-state index contributed by atoms with van der Waals surface area (Å²) < 4.78 is 11.0. The summed E-state index contributed by atoms with van der Waals surface area (Å²) in [7, 11) is 1.68. The predicted molar refractivity (Wildman–Crippen MR) is 130 cm³/mol. The normalized spacial score (nSPS) is 13.9. The summed E-state index contributed by atoms with van der Waals surface area (Å²) in [6.07, 6.45) is 0. The average molecular weight is 452 g/mol. The number of morpholine rings is 1. The van der Waals surface area contributed by atoms with Crippen LogP contribution in [0.25, 0.3) is 0 Å². The lowest BCUT2D eigenvalue weighted by Gasteiger charge is -2.30. The summed E-state index contributed by atoms with van der Waals surface area (Å²) >= 11 is 1.70. The van der Waals surface area contributed by atoms with Gasteiger partial charge in [-0.2, -0.15) is 0 Å². The zero-order valence-corrected chi connectivity index (χ0v) is 19.1. The first kappa shape index (κ1) is 22.3. The number of anilines is 2. The molecular formula is C25H29N3O3S. The van der Waals surface area contributed by atoms with Crippen LogP contribution in [-0.2, 0) is 22.6 Å². The first-order chi connectivity index (χ1) is 15.7. The van der Waals surface area contributed by atoms with Crippen LogP contribution in [0.1, 0.15) is 10.4 Å². The lowest BCUT2D eigenvalue weighted by Crippen LogP contribution is -2.37. The molecule has 6 nitrogen and oxygen atoms in total. The Morgan fingerprint density at radius 2 is 1.84 bits per heavy atom. The molecule has 168 valence electrons. The van der Waals surface area contributed by atoms with E-state index in [4.69, 9.17) is 9.47 Å². The minimum absolute atomic E-state index is 0.0304. The molecule has 2 aromatic carbocycles. The second-order valence-corrected chi connectivity index (χ2v) is 8.73. The first-order valence-corrected chi connectivity index (χ1v) is 11.7. The van der Waals surface area contributed by atoms with Crippen LogP contribution in [0.3, 0.4) is 0 Å². The molecule has 0 spiro atoms. The third kappa shape index (κ3) is 5.88. The molecule has 3 aromatic rings. The quantitative estimate of drug-likeness (QED) is 0.528. The highest BCUT2D eigenvalue weighted by atomic mass is 32.1. The maximum Gasteiger partial charge on any atom is 0.238 e. The lowest BCUT2D eigenvalue weighted by molar-refractivity contribution is -0.117. The van der Waals surface area contributed by atoms with Crippen molar-refractivity contribution in [3.63, 3.8) is 0 Å². The van der Waals surface area contributed by atoms with Crippen LogP contribution < -0.4 is 15.0 Å². The molecule has 1 aliphatic rings. The standard InChI is InChI=1S/C25H29N3O3S/c1-30-24-11-5-2-7-20(24)17-27(18-21-8-6-16-32-21)19-25(29)26-22-9-3-4-10-23(22)28-12-14-31-15-13-28/h2-11,16H,12-15,17-19H2,1H3,(H,26,29). The Hall–Kier alpha value is -2.87. The zero-order chi connectivity index (χ0) is 22.2. The van der Waals surface area contributed by atoms with Crippen LogP contribution in [0.15, 0.2) is 66.0 Å². The summed E-state index contributed by atoms with van der Waals surface area (Å²) in [5, 5.41) is 5.21. The van der Waals surface area contributed by atoms with Crippen molar-refractivity contribution in [3.8, 4) is 5.75 Å². The Labute approximate surface area is 193 Å². The van der Waals surface area contributed by atoms with Gasteiger partial charge in [-0.25, -0.2) is 0 Å². The number of hydrogen-bond donors (Lipinski definition) is 1. The minimum atomic E-state index is -0.0304. The van der Waals surface area contributed by atoms with Crippen molar-refractivity contribution in [1.29, 1.82) is 0 Å². The van der Waals surface area contributed by atoms with E-state index in [1.165, 1.54) is 4.88 Å². The van der Waals surface area contributed by atoms with E-state index >= 15 is 0 Å². The molecule has 0 radical (unpaired) electrons. The first-order valence-electron chi connectivity index (χ1n) is 10.8. The van der Waals surface area contributed by atoms with Gasteiger partial charge in [-0.05, 0) is 29.6 Å². The molecule has 32 heavy (non-hydrogen) atoms. The summed E-state index contributed by atoms with van der Waals surface area (Å²) in [6, 6.07) is 20.1. The third-order valence-corrected chi connectivity index (χ3v) is 6.30. The van der Waals surface area contributed by atoms with Gasteiger partial charge in [0, 0.05) is 36.6 Å². The fourth-order valence-corrected chi connectivity index (χ4v) is 4.66. The Morgan fingerprint density at radius 3 is 2.62 bits per heavy atom. The number of methoxy groups -OCH3 is 1. The van der Waals surface area contributed by atoms with Crippen molar-refractivity contribution in [3.05, 3.63) is 76.5 Å². The van der Waals surface area contributed by atoms with Crippen molar-refractivity contribution in [2.45, 2.75) is 13.1 Å². The highest BCUT2D eigenvalue weighted by Gasteiger charge is 2.18. The van der Waals surface area contributed by atoms with E-state index in [1.807, 2.05) is 48.5 Å². The number of para-hydroxylation sites is 3. The van der Waals surface area contributed by atoms with E-state index < -0.39 is 0 Å². The molecule has 1 amide bonds. The second-order valence-electron chi connectivity index (χ2n) is 7.70. The van der Waals surface area contributed by atoms with Gasteiger partial charge >= 0.3 is 0 Å². The van der Waals surface area contributed by atoms with Gasteiger partial charge in [0.15, 0.2) is 0 Å². The van der Waals surface area contributed by atoms with Crippen molar-refractivity contribution >= 4 is 28.6 Å². The van der Waals surface area contributed by atoms with Crippen LogP contribution >= 0.6 is 11.3 Å². The van der Waals surface area contributed by atoms with Crippen molar-refractivity contribution in [2.24, 2.45) is 0 Å². The fraction of sp³-hybridized carbons (Fsp3) is 0.320. The summed E-state index contributed by atoms with van der Waals surface area (Å²) in [5.74, 6) is 0.805. The van der Waals surface area contributed by atoms with Crippen LogP contribution in [0.2, 0.25) is 0 Å². The monoisotopic (exact) mass is 451 g/mol. The molecule has 0 unspecified atom stereocenters. The molecule has 1 aliphatic heterocycles. The smallest absolute Gasteiger partial charge is 0.238 e. The maximum absolute atomic E-state index is 13.1. The van der Waals surface area contributed by atoms with Gasteiger partial charge in [0.05, 0.1) is 38.2 Å². The predicted octanol–water partition coefficient (Wildman–Crippen LogP) is 4.23. The average Bonchev–Trinajstić information content (AvgIpc) is 3.33. The Bertz CT molecular complexity index is 1000. The Morgan fingerprint density at radius 1 is 1.06 bits per heavy atom. The van der Waals surface area contributed by atoms with Gasteiger partial charge in [-0.15, -0.1) is 11.3 Å². The number of nitrogens with zero attached hydrogens (tertiary/aromatic N) is 2. The highest BCUT2D eigenvalue weighted by Crippen LogP contribution is 2.27. The van der Waals surface area contributed by atoms with Crippen molar-refractivity contribution in [1.82, 2.24) is 4.90 Å². The summed E-state index contributed by atoms with van der Waals surface area (Å²) in [5.41, 5.74) is 2.94. The molecule has 1 fully saturated rings. The van der Waals surface area contributed by atoms with Crippen LogP contribution in [0.5, 0.6) is 5.75 Å². The topological polar surface area (TPSA) is 54.0 Å². The molecule has 0 aliphatic carbocycles. The molecule has 0 atom stereocenters. The van der Waals surface area contributed by atoms with Crippen LogP contribution in [0, 0.1) is 0 Å². The molecule has 0 bridgehead atoms. The molecule has 1 saturated heterocycles. The molecule has 7 heteroatoms. The third-order valence-electron chi connectivity index (χ3n) is 5.44. The number of carbonyl (C=O) groups excluding carboxylic acids is 1. The van der Waals surface area contributed by atoms with E-state index in [2.05, 4.69) is 32.6 Å². The van der Waals surface area contributed by atoms with E-state index in [-0.39, 0.29) is 12.5 Å². The number of amides is 1. The summed E-state index contributed by atoms with van der Waals surface area (Å²) in [6.45, 7) is 4.67. The molecule has 4 rings (SSSR count). The second kappa shape index (κ2) is 11.1. The maximum atomic E-state index is 13.1. The van der Waals surface area contributed by atoms with Crippen molar-refractivity contribution in [2.75, 3.05) is 50.2 Å². The molecule has 0 saturated carbocycles. The number of hydrogen-bond acceptors (Lipinski definition) is 6. The van der Waals surface area contributed by atoms with E-state index in [9.17, 15) is 4.79 Å². The largest absolute Gasteiger partial charge is 0.496 e. The number of rotatable bonds is 9. The molecule has 1 N–H and O–H groups in total. The van der Waals surface area contributed by atoms with Gasteiger partial charge in [-0.1, -0.05) is 36.4 Å². The van der Waals surface area contributed by atoms with Gasteiger partial charge in [0.25, 0.3) is 0 Å². The van der Waals surface area contributed by atoms with Crippen LogP contribution in [-0.4, -0.2) is 50.8 Å². The van der Waals surface area contributed by atoms with E-state index in [0.29, 0.717) is 26.3 Å². The van der Waals surface area contributed by atoms with E-state index in [1.54, 1.807) is 18.4 Å². The lowest BCUT2D eigenvalue weighted by atomic mass is 10.2. The van der Waals surface area contributed by atoms with Gasteiger partial charge in [0.1, 0.15) is 5.75 Å². The molecule has 1 aromatic heterocycles. The highest BCUT2D eigenvalue weighted by molar-refractivity contribution is 7.09.